The fraction of sp³-hybridized carbons (Fsp3) is 0.500. The van der Waals surface area contributed by atoms with Gasteiger partial charge in [0.1, 0.15) is 0 Å². The second-order valence-corrected chi connectivity index (χ2v) is 3.78. The summed E-state index contributed by atoms with van der Waals surface area (Å²) in [5.41, 5.74) is 1.08. The summed E-state index contributed by atoms with van der Waals surface area (Å²) in [6.45, 7) is 6.99. The van der Waals surface area contributed by atoms with Crippen LogP contribution in [0, 0.1) is 0 Å². The van der Waals surface area contributed by atoms with E-state index >= 15 is 0 Å². The monoisotopic (exact) mass is 221 g/mol. The largest absolute Gasteiger partial charge is 0.346 e. The molecule has 0 radical (unpaired) electrons. The zero-order valence-electron chi connectivity index (χ0n) is 10.9. The molecular weight excluding hydrogens is 198 g/mol. The average molecular weight is 221 g/mol. The van der Waals surface area contributed by atoms with E-state index in [-0.39, 0.29) is 5.91 Å². The second-order valence-electron chi connectivity index (χ2n) is 3.78. The molecule has 0 bridgehead atoms. The molecule has 0 saturated carbocycles. The Labute approximate surface area is 99.3 Å². The van der Waals surface area contributed by atoms with Crippen molar-refractivity contribution in [2.24, 2.45) is 0 Å². The highest BCUT2D eigenvalue weighted by molar-refractivity contribution is 5.78. The molecule has 0 heterocycles. The molecule has 16 heavy (non-hydrogen) atoms. The van der Waals surface area contributed by atoms with Gasteiger partial charge in [-0.25, -0.2) is 0 Å². The predicted molar refractivity (Wildman–Crippen MR) is 69.4 cm³/mol. The molecule has 0 N–H and O–H groups in total. The van der Waals surface area contributed by atoms with E-state index < -0.39 is 0 Å². The van der Waals surface area contributed by atoms with Gasteiger partial charge in [0.05, 0.1) is 6.42 Å². The van der Waals surface area contributed by atoms with Crippen molar-refractivity contribution in [1.29, 1.82) is 0 Å². The highest BCUT2D eigenvalue weighted by atomic mass is 16.2. The Kier molecular flexibility index (Phi) is 8.22. The van der Waals surface area contributed by atoms with Gasteiger partial charge in [0, 0.05) is 13.6 Å². The van der Waals surface area contributed by atoms with Gasteiger partial charge in [0.2, 0.25) is 5.91 Å². The fourth-order valence-corrected chi connectivity index (χ4v) is 1.08. The SMILES string of the molecule is CCC.CCN(C)C(=O)Cc1ccccc1. The van der Waals surface area contributed by atoms with Gasteiger partial charge in [-0.05, 0) is 12.5 Å². The third-order valence-electron chi connectivity index (χ3n) is 2.10. The first-order valence-corrected chi connectivity index (χ1v) is 5.93. The summed E-state index contributed by atoms with van der Waals surface area (Å²) in [6, 6.07) is 9.81. The van der Waals surface area contributed by atoms with E-state index in [2.05, 4.69) is 13.8 Å². The van der Waals surface area contributed by atoms with Crippen molar-refractivity contribution in [3.8, 4) is 0 Å². The van der Waals surface area contributed by atoms with Gasteiger partial charge in [-0.1, -0.05) is 50.6 Å². The van der Waals surface area contributed by atoms with E-state index in [0.29, 0.717) is 6.42 Å². The molecule has 0 fully saturated rings. The first kappa shape index (κ1) is 14.7. The van der Waals surface area contributed by atoms with Crippen LogP contribution in [-0.4, -0.2) is 24.4 Å². The highest BCUT2D eigenvalue weighted by Crippen LogP contribution is 2.01. The lowest BCUT2D eigenvalue weighted by Gasteiger charge is -2.13. The molecule has 0 saturated heterocycles. The molecule has 0 aliphatic carbocycles. The summed E-state index contributed by atoms with van der Waals surface area (Å²) in [4.78, 5) is 13.2. The van der Waals surface area contributed by atoms with E-state index in [0.717, 1.165) is 12.1 Å². The lowest BCUT2D eigenvalue weighted by molar-refractivity contribution is -0.128. The maximum absolute atomic E-state index is 11.5. The number of hydrogen-bond acceptors (Lipinski definition) is 1. The lowest BCUT2D eigenvalue weighted by Crippen LogP contribution is -2.27. The normalized spacial score (nSPS) is 9.00. The standard InChI is InChI=1S/C11H15NO.C3H8/c1-3-12(2)11(13)9-10-7-5-4-6-8-10;1-3-2/h4-8H,3,9H2,1-2H3;3H2,1-2H3. The van der Waals surface area contributed by atoms with Gasteiger partial charge < -0.3 is 4.90 Å². The summed E-state index contributed by atoms with van der Waals surface area (Å²) < 4.78 is 0. The first-order valence-electron chi connectivity index (χ1n) is 5.93. The van der Waals surface area contributed by atoms with Crippen LogP contribution in [0.4, 0.5) is 0 Å². The van der Waals surface area contributed by atoms with Crippen molar-refractivity contribution in [2.75, 3.05) is 13.6 Å². The highest BCUT2D eigenvalue weighted by Gasteiger charge is 2.06. The van der Waals surface area contributed by atoms with Gasteiger partial charge in [0.15, 0.2) is 0 Å². The molecule has 2 nitrogen and oxygen atoms in total. The Hall–Kier alpha value is -1.31. The van der Waals surface area contributed by atoms with E-state index in [1.807, 2.05) is 44.3 Å². The summed E-state index contributed by atoms with van der Waals surface area (Å²) >= 11 is 0. The number of carbonyl (C=O) groups is 1. The summed E-state index contributed by atoms with van der Waals surface area (Å²) in [5.74, 6) is 0.175. The zero-order valence-corrected chi connectivity index (χ0v) is 10.9. The molecule has 0 spiro atoms. The van der Waals surface area contributed by atoms with Crippen LogP contribution in [0.25, 0.3) is 0 Å². The van der Waals surface area contributed by atoms with Gasteiger partial charge >= 0.3 is 0 Å². The van der Waals surface area contributed by atoms with E-state index in [1.54, 1.807) is 4.90 Å². The van der Waals surface area contributed by atoms with Crippen molar-refractivity contribution in [3.05, 3.63) is 35.9 Å². The lowest BCUT2D eigenvalue weighted by atomic mass is 10.1. The maximum atomic E-state index is 11.5. The quantitative estimate of drug-likeness (QED) is 0.768. The Morgan fingerprint density at radius 1 is 1.12 bits per heavy atom. The van der Waals surface area contributed by atoms with Gasteiger partial charge in [0.25, 0.3) is 0 Å². The molecule has 0 aromatic heterocycles. The maximum Gasteiger partial charge on any atom is 0.226 e. The number of rotatable bonds is 3. The van der Waals surface area contributed by atoms with Crippen LogP contribution in [0.2, 0.25) is 0 Å². The van der Waals surface area contributed by atoms with Crippen LogP contribution in [0.3, 0.4) is 0 Å². The van der Waals surface area contributed by atoms with Crippen molar-refractivity contribution >= 4 is 5.91 Å². The average Bonchev–Trinajstić information content (AvgIpc) is 2.30. The summed E-state index contributed by atoms with van der Waals surface area (Å²) in [7, 11) is 1.82. The number of likely N-dealkylation sites (N-methyl/N-ethyl adjacent to an activating group) is 1. The predicted octanol–water partition coefficient (Wildman–Crippen LogP) is 3.12. The van der Waals surface area contributed by atoms with Crippen LogP contribution < -0.4 is 0 Å². The number of nitrogens with zero attached hydrogens (tertiary/aromatic N) is 1. The van der Waals surface area contributed by atoms with Gasteiger partial charge in [-0.2, -0.15) is 0 Å². The third kappa shape index (κ3) is 6.23. The Morgan fingerprint density at radius 2 is 1.62 bits per heavy atom. The Morgan fingerprint density at radius 3 is 2.06 bits per heavy atom. The second kappa shape index (κ2) is 8.96. The zero-order chi connectivity index (χ0) is 12.4. The van der Waals surface area contributed by atoms with Crippen LogP contribution in [0.15, 0.2) is 30.3 Å². The van der Waals surface area contributed by atoms with Gasteiger partial charge in [-0.15, -0.1) is 0 Å². The third-order valence-corrected chi connectivity index (χ3v) is 2.10. The topological polar surface area (TPSA) is 20.3 Å². The van der Waals surface area contributed by atoms with Crippen LogP contribution in [-0.2, 0) is 11.2 Å². The van der Waals surface area contributed by atoms with Crippen molar-refractivity contribution in [1.82, 2.24) is 4.90 Å². The van der Waals surface area contributed by atoms with Crippen molar-refractivity contribution in [2.45, 2.75) is 33.6 Å². The number of carbonyl (C=O) groups excluding carboxylic acids is 1. The van der Waals surface area contributed by atoms with E-state index in [1.165, 1.54) is 6.42 Å². The van der Waals surface area contributed by atoms with Crippen molar-refractivity contribution in [3.63, 3.8) is 0 Å². The first-order chi connectivity index (χ1) is 7.65. The molecule has 0 atom stereocenters. The molecule has 0 aliphatic heterocycles. The molecule has 1 aromatic rings. The smallest absolute Gasteiger partial charge is 0.226 e. The van der Waals surface area contributed by atoms with E-state index in [4.69, 9.17) is 0 Å². The van der Waals surface area contributed by atoms with Gasteiger partial charge in [-0.3, -0.25) is 4.79 Å². The number of hydrogen-bond donors (Lipinski definition) is 0. The number of benzene rings is 1. The minimum atomic E-state index is 0.175. The molecular formula is C14H23NO. The Balaban J connectivity index is 0.000000673. The molecule has 0 unspecified atom stereocenters. The van der Waals surface area contributed by atoms with Crippen LogP contribution >= 0.6 is 0 Å². The Bertz CT molecular complexity index is 282. The molecule has 1 amide bonds. The van der Waals surface area contributed by atoms with Crippen LogP contribution in [0.5, 0.6) is 0 Å². The minimum absolute atomic E-state index is 0.175. The van der Waals surface area contributed by atoms with Crippen LogP contribution in [0.1, 0.15) is 32.8 Å². The molecule has 1 aromatic carbocycles. The molecule has 0 aliphatic rings. The molecule has 1 rings (SSSR count). The number of amides is 1. The fourth-order valence-electron chi connectivity index (χ4n) is 1.08. The summed E-state index contributed by atoms with van der Waals surface area (Å²) in [5, 5.41) is 0. The van der Waals surface area contributed by atoms with Crippen molar-refractivity contribution < 1.29 is 4.79 Å². The van der Waals surface area contributed by atoms with E-state index in [9.17, 15) is 4.79 Å². The molecule has 90 valence electrons. The molecule has 2 heteroatoms. The summed E-state index contributed by atoms with van der Waals surface area (Å²) in [6.07, 6.45) is 1.76. The minimum Gasteiger partial charge on any atom is -0.346 e.